The van der Waals surface area contributed by atoms with Crippen LogP contribution in [0.2, 0.25) is 0 Å². The molecule has 3 nitrogen and oxygen atoms in total. The highest BCUT2D eigenvalue weighted by Gasteiger charge is 2.12. The van der Waals surface area contributed by atoms with Gasteiger partial charge >= 0.3 is 0 Å². The molecule has 0 saturated carbocycles. The van der Waals surface area contributed by atoms with E-state index in [0.717, 1.165) is 16.0 Å². The van der Waals surface area contributed by atoms with Gasteiger partial charge in [0, 0.05) is 6.42 Å². The second-order valence-corrected chi connectivity index (χ2v) is 4.43. The number of hydrogen-bond donors (Lipinski definition) is 1. The number of aryl methyl sites for hydroxylation is 1. The maximum absolute atomic E-state index is 12.9. The molecule has 1 aromatic heterocycles. The van der Waals surface area contributed by atoms with E-state index in [2.05, 4.69) is 9.59 Å². The molecule has 1 atom stereocenters. The maximum Gasteiger partial charge on any atom is 0.123 e. The van der Waals surface area contributed by atoms with Crippen molar-refractivity contribution in [2.24, 2.45) is 0 Å². The van der Waals surface area contributed by atoms with E-state index in [1.165, 1.54) is 23.7 Å². The largest absolute Gasteiger partial charge is 0.387 e. The van der Waals surface area contributed by atoms with Crippen molar-refractivity contribution in [3.63, 3.8) is 0 Å². The van der Waals surface area contributed by atoms with Crippen LogP contribution in [-0.2, 0) is 6.42 Å². The normalized spacial score (nSPS) is 12.7. The Labute approximate surface area is 96.7 Å². The van der Waals surface area contributed by atoms with E-state index in [-0.39, 0.29) is 5.82 Å². The van der Waals surface area contributed by atoms with Crippen molar-refractivity contribution in [1.82, 2.24) is 9.59 Å². The Morgan fingerprint density at radius 1 is 1.50 bits per heavy atom. The third-order valence-electron chi connectivity index (χ3n) is 2.42. The summed E-state index contributed by atoms with van der Waals surface area (Å²) >= 11 is 1.17. The van der Waals surface area contributed by atoms with E-state index in [4.69, 9.17) is 0 Å². The fourth-order valence-electron chi connectivity index (χ4n) is 1.52. The highest BCUT2D eigenvalue weighted by atomic mass is 32.1. The molecule has 84 valence electrons. The van der Waals surface area contributed by atoms with Crippen LogP contribution in [0.25, 0.3) is 0 Å². The van der Waals surface area contributed by atoms with E-state index in [1.54, 1.807) is 12.3 Å². The van der Waals surface area contributed by atoms with Crippen molar-refractivity contribution >= 4 is 11.5 Å². The maximum atomic E-state index is 12.9. The van der Waals surface area contributed by atoms with Crippen molar-refractivity contribution < 1.29 is 9.50 Å². The average molecular weight is 238 g/mol. The second-order valence-electron chi connectivity index (χ2n) is 3.61. The molecular weight excluding hydrogens is 227 g/mol. The Hall–Kier alpha value is -1.33. The molecule has 0 fully saturated rings. The van der Waals surface area contributed by atoms with Crippen molar-refractivity contribution in [2.45, 2.75) is 19.4 Å². The van der Waals surface area contributed by atoms with Crippen LogP contribution in [0.15, 0.2) is 24.4 Å². The van der Waals surface area contributed by atoms with Crippen LogP contribution in [0.3, 0.4) is 0 Å². The molecule has 0 aliphatic carbocycles. The monoisotopic (exact) mass is 238 g/mol. The van der Waals surface area contributed by atoms with Gasteiger partial charge in [0.2, 0.25) is 0 Å². The first-order chi connectivity index (χ1) is 7.66. The predicted octanol–water partition coefficient (Wildman–Crippen LogP) is 2.26. The standard InChI is InChI=1S/C11H11FN2OS/c1-7-4-9(12)3-2-8(7)5-10(15)11-6-13-14-16-11/h2-4,6,10,15H,5H2,1H3. The van der Waals surface area contributed by atoms with Crippen molar-refractivity contribution in [2.75, 3.05) is 0 Å². The molecule has 0 bridgehead atoms. The summed E-state index contributed by atoms with van der Waals surface area (Å²) in [5.74, 6) is -0.254. The zero-order chi connectivity index (χ0) is 11.5. The van der Waals surface area contributed by atoms with Crippen LogP contribution in [0.4, 0.5) is 4.39 Å². The first kappa shape index (κ1) is 11.2. The van der Waals surface area contributed by atoms with Crippen molar-refractivity contribution in [3.05, 3.63) is 46.2 Å². The predicted molar refractivity (Wildman–Crippen MR) is 59.7 cm³/mol. The molecule has 2 aromatic rings. The third kappa shape index (κ3) is 2.43. The minimum atomic E-state index is -0.621. The first-order valence-corrected chi connectivity index (χ1v) is 5.64. The molecule has 0 radical (unpaired) electrons. The van der Waals surface area contributed by atoms with Gasteiger partial charge < -0.3 is 5.11 Å². The van der Waals surface area contributed by atoms with Gasteiger partial charge in [-0.2, -0.15) is 0 Å². The summed E-state index contributed by atoms with van der Waals surface area (Å²) < 4.78 is 16.6. The molecule has 0 amide bonds. The van der Waals surface area contributed by atoms with E-state index in [1.807, 2.05) is 6.92 Å². The van der Waals surface area contributed by atoms with Crippen molar-refractivity contribution in [1.29, 1.82) is 0 Å². The number of nitrogens with zero attached hydrogens (tertiary/aromatic N) is 2. The highest BCUT2D eigenvalue weighted by molar-refractivity contribution is 7.05. The van der Waals surface area contributed by atoms with Crippen LogP contribution in [-0.4, -0.2) is 14.7 Å². The van der Waals surface area contributed by atoms with Crippen LogP contribution in [0.5, 0.6) is 0 Å². The number of aliphatic hydroxyl groups is 1. The SMILES string of the molecule is Cc1cc(F)ccc1CC(O)c1cnns1. The van der Waals surface area contributed by atoms with E-state index in [9.17, 15) is 9.50 Å². The fourth-order valence-corrected chi connectivity index (χ4v) is 2.01. The molecule has 0 spiro atoms. The fraction of sp³-hybridized carbons (Fsp3) is 0.273. The topological polar surface area (TPSA) is 46.0 Å². The molecule has 16 heavy (non-hydrogen) atoms. The highest BCUT2D eigenvalue weighted by Crippen LogP contribution is 2.22. The minimum Gasteiger partial charge on any atom is -0.387 e. The van der Waals surface area contributed by atoms with Crippen molar-refractivity contribution in [3.8, 4) is 0 Å². The van der Waals surface area contributed by atoms with E-state index in [0.29, 0.717) is 6.42 Å². The average Bonchev–Trinajstić information content (AvgIpc) is 2.75. The van der Waals surface area contributed by atoms with Gasteiger partial charge in [-0.15, -0.1) is 5.10 Å². The summed E-state index contributed by atoms with van der Waals surface area (Å²) in [4.78, 5) is 0.726. The zero-order valence-corrected chi connectivity index (χ0v) is 9.54. The molecule has 2 rings (SSSR count). The quantitative estimate of drug-likeness (QED) is 0.892. The molecule has 1 unspecified atom stereocenters. The van der Waals surface area contributed by atoms with Gasteiger partial charge in [-0.1, -0.05) is 10.6 Å². The lowest BCUT2D eigenvalue weighted by molar-refractivity contribution is 0.182. The van der Waals surface area contributed by atoms with Gasteiger partial charge in [-0.05, 0) is 41.7 Å². The number of halogens is 1. The number of rotatable bonds is 3. The zero-order valence-electron chi connectivity index (χ0n) is 8.72. The molecule has 0 saturated heterocycles. The summed E-state index contributed by atoms with van der Waals surface area (Å²) in [5, 5.41) is 13.6. The Balaban J connectivity index is 2.15. The smallest absolute Gasteiger partial charge is 0.123 e. The van der Waals surface area contributed by atoms with Crippen LogP contribution in [0.1, 0.15) is 22.1 Å². The molecule has 0 aliphatic rings. The van der Waals surface area contributed by atoms with Gasteiger partial charge in [0.15, 0.2) is 0 Å². The van der Waals surface area contributed by atoms with E-state index >= 15 is 0 Å². The lowest BCUT2D eigenvalue weighted by Crippen LogP contribution is -2.01. The third-order valence-corrected chi connectivity index (χ3v) is 3.19. The number of hydrogen-bond acceptors (Lipinski definition) is 4. The summed E-state index contributed by atoms with van der Waals surface area (Å²) in [6, 6.07) is 4.56. The molecule has 1 aromatic carbocycles. The number of aliphatic hydroxyl groups excluding tert-OH is 1. The Morgan fingerprint density at radius 3 is 2.94 bits per heavy atom. The van der Waals surface area contributed by atoms with Crippen LogP contribution < -0.4 is 0 Å². The Morgan fingerprint density at radius 2 is 2.31 bits per heavy atom. The lowest BCUT2D eigenvalue weighted by atomic mass is 10.0. The number of benzene rings is 1. The van der Waals surface area contributed by atoms with Gasteiger partial charge in [-0.25, -0.2) is 4.39 Å². The Bertz CT molecular complexity index is 473. The van der Waals surface area contributed by atoms with Gasteiger partial charge in [-0.3, -0.25) is 0 Å². The molecular formula is C11H11FN2OS. The summed E-state index contributed by atoms with van der Waals surface area (Å²) in [6.45, 7) is 1.83. The number of aromatic nitrogens is 2. The summed E-state index contributed by atoms with van der Waals surface area (Å²) in [5.41, 5.74) is 1.78. The Kier molecular flexibility index (Phi) is 3.26. The molecule has 1 heterocycles. The summed E-state index contributed by atoms with van der Waals surface area (Å²) in [6.07, 6.45) is 1.38. The molecule has 1 N–H and O–H groups in total. The van der Waals surface area contributed by atoms with Crippen LogP contribution >= 0.6 is 11.5 Å². The minimum absolute atomic E-state index is 0.254. The van der Waals surface area contributed by atoms with Gasteiger partial charge in [0.25, 0.3) is 0 Å². The first-order valence-electron chi connectivity index (χ1n) is 4.87. The summed E-state index contributed by atoms with van der Waals surface area (Å²) in [7, 11) is 0. The van der Waals surface area contributed by atoms with Gasteiger partial charge in [0.1, 0.15) is 5.82 Å². The van der Waals surface area contributed by atoms with Gasteiger partial charge in [0.05, 0.1) is 17.2 Å². The second kappa shape index (κ2) is 4.67. The van der Waals surface area contributed by atoms with E-state index < -0.39 is 6.10 Å². The molecule has 5 heteroatoms. The van der Waals surface area contributed by atoms with Crippen LogP contribution in [0, 0.1) is 12.7 Å². The lowest BCUT2D eigenvalue weighted by Gasteiger charge is -2.10. The molecule has 0 aliphatic heterocycles.